The third-order valence-electron chi connectivity index (χ3n) is 3.40. The van der Waals surface area contributed by atoms with E-state index < -0.39 is 35.9 Å². The molecule has 2 rings (SSSR count). The highest BCUT2D eigenvalue weighted by Crippen LogP contribution is 2.28. The molecule has 0 spiro atoms. The maximum atomic E-state index is 12.7. The second-order valence-electron chi connectivity index (χ2n) is 6.44. The number of alkyl halides is 3. The number of nitrogens with zero attached hydrogens (tertiary/aromatic N) is 2. The molecule has 126 valence electrons. The first-order chi connectivity index (χ1) is 9.99. The van der Waals surface area contributed by atoms with Crippen molar-refractivity contribution in [2.45, 2.75) is 44.6 Å². The van der Waals surface area contributed by atoms with Gasteiger partial charge >= 0.3 is 18.2 Å². The number of ether oxygens (including phenoxy) is 2. The molecule has 0 aromatic carbocycles. The number of hydrogen-bond donors (Lipinski definition) is 0. The quantitative estimate of drug-likeness (QED) is 0.676. The van der Waals surface area contributed by atoms with Crippen LogP contribution in [0.25, 0.3) is 0 Å². The lowest BCUT2D eigenvalue weighted by molar-refractivity contribution is -0.202. The van der Waals surface area contributed by atoms with Crippen molar-refractivity contribution in [2.24, 2.45) is 0 Å². The SMILES string of the molecule is CC(C)(C)OC(=O)N1CC2COCC(C1)N2C(=O)C(F)(F)F. The lowest BCUT2D eigenvalue weighted by Crippen LogP contribution is -2.68. The van der Waals surface area contributed by atoms with Crippen LogP contribution in [0.15, 0.2) is 0 Å². The molecular weight excluding hydrogens is 305 g/mol. The largest absolute Gasteiger partial charge is 0.471 e. The first-order valence-electron chi connectivity index (χ1n) is 6.94. The number of carbonyl (C=O) groups is 2. The fourth-order valence-corrected chi connectivity index (χ4v) is 2.62. The standard InChI is InChI=1S/C13H19F3N2O4/c1-12(2,3)22-11(20)17-4-8-6-21-7-9(5-17)18(8)10(19)13(14,15)16/h8-9H,4-7H2,1-3H3. The van der Waals surface area contributed by atoms with Crippen molar-refractivity contribution in [3.05, 3.63) is 0 Å². The Morgan fingerprint density at radius 1 is 1.09 bits per heavy atom. The summed E-state index contributed by atoms with van der Waals surface area (Å²) in [4.78, 5) is 25.7. The first kappa shape index (κ1) is 16.9. The zero-order valence-electron chi connectivity index (χ0n) is 12.6. The summed E-state index contributed by atoms with van der Waals surface area (Å²) < 4.78 is 48.5. The topological polar surface area (TPSA) is 59.1 Å². The van der Waals surface area contributed by atoms with Crippen LogP contribution < -0.4 is 0 Å². The molecule has 2 unspecified atom stereocenters. The van der Waals surface area contributed by atoms with Gasteiger partial charge in [-0.05, 0) is 20.8 Å². The monoisotopic (exact) mass is 324 g/mol. The third kappa shape index (κ3) is 3.63. The number of morpholine rings is 1. The average molecular weight is 324 g/mol. The molecule has 0 aromatic rings. The molecule has 9 heteroatoms. The number of hydrogen-bond acceptors (Lipinski definition) is 4. The fraction of sp³-hybridized carbons (Fsp3) is 0.846. The molecule has 0 aromatic heterocycles. The van der Waals surface area contributed by atoms with E-state index in [1.807, 2.05) is 0 Å². The molecule has 0 N–H and O–H groups in total. The summed E-state index contributed by atoms with van der Waals surface area (Å²) in [7, 11) is 0. The van der Waals surface area contributed by atoms with Crippen molar-refractivity contribution < 1.29 is 32.2 Å². The summed E-state index contributed by atoms with van der Waals surface area (Å²) in [6.07, 6.45) is -5.52. The Morgan fingerprint density at radius 3 is 2.00 bits per heavy atom. The lowest BCUT2D eigenvalue weighted by Gasteiger charge is -2.49. The van der Waals surface area contributed by atoms with Gasteiger partial charge in [0.1, 0.15) is 5.60 Å². The van der Waals surface area contributed by atoms with Gasteiger partial charge in [-0.2, -0.15) is 13.2 Å². The van der Waals surface area contributed by atoms with E-state index in [-0.39, 0.29) is 26.3 Å². The maximum absolute atomic E-state index is 12.7. The summed E-state index contributed by atoms with van der Waals surface area (Å²) in [6.45, 7) is 4.99. The summed E-state index contributed by atoms with van der Waals surface area (Å²) in [5, 5.41) is 0. The number of fused-ring (bicyclic) bond motifs is 2. The Labute approximate surface area is 126 Å². The molecule has 2 fully saturated rings. The molecule has 0 saturated carbocycles. The van der Waals surface area contributed by atoms with E-state index in [4.69, 9.17) is 9.47 Å². The van der Waals surface area contributed by atoms with Gasteiger partial charge in [0.05, 0.1) is 25.3 Å². The molecule has 2 amide bonds. The van der Waals surface area contributed by atoms with Crippen LogP contribution in [0.2, 0.25) is 0 Å². The minimum Gasteiger partial charge on any atom is -0.444 e. The number of carbonyl (C=O) groups excluding carboxylic acids is 2. The summed E-state index contributed by atoms with van der Waals surface area (Å²) in [5.74, 6) is -1.88. The van der Waals surface area contributed by atoms with Crippen LogP contribution in [0.3, 0.4) is 0 Å². The Bertz CT molecular complexity index is 447. The Morgan fingerprint density at radius 2 is 1.59 bits per heavy atom. The zero-order chi connectivity index (χ0) is 16.7. The van der Waals surface area contributed by atoms with Crippen molar-refractivity contribution >= 4 is 12.0 Å². The average Bonchev–Trinajstić information content (AvgIpc) is 2.32. The zero-order valence-corrected chi connectivity index (χ0v) is 12.6. The van der Waals surface area contributed by atoms with Crippen LogP contribution in [-0.4, -0.2) is 72.0 Å². The van der Waals surface area contributed by atoms with Crippen LogP contribution in [0.5, 0.6) is 0 Å². The smallest absolute Gasteiger partial charge is 0.444 e. The van der Waals surface area contributed by atoms with Crippen LogP contribution in [0.4, 0.5) is 18.0 Å². The molecule has 6 nitrogen and oxygen atoms in total. The molecule has 0 aliphatic carbocycles. The first-order valence-corrected chi connectivity index (χ1v) is 6.94. The highest BCUT2D eigenvalue weighted by molar-refractivity contribution is 5.83. The van der Waals surface area contributed by atoms with Gasteiger partial charge in [0, 0.05) is 13.1 Å². The minimum atomic E-state index is -4.93. The number of amides is 2. The Hall–Kier alpha value is -1.51. The van der Waals surface area contributed by atoms with Gasteiger partial charge in [0.25, 0.3) is 0 Å². The number of halogens is 3. The van der Waals surface area contributed by atoms with Crippen molar-refractivity contribution in [3.8, 4) is 0 Å². The van der Waals surface area contributed by atoms with Crippen LogP contribution >= 0.6 is 0 Å². The normalized spacial score (nSPS) is 25.9. The van der Waals surface area contributed by atoms with Gasteiger partial charge in [-0.3, -0.25) is 4.79 Å². The number of rotatable bonds is 0. The van der Waals surface area contributed by atoms with Crippen LogP contribution in [-0.2, 0) is 14.3 Å². The van der Waals surface area contributed by atoms with E-state index in [1.54, 1.807) is 20.8 Å². The van der Waals surface area contributed by atoms with Gasteiger partial charge in [-0.1, -0.05) is 0 Å². The predicted molar refractivity (Wildman–Crippen MR) is 69.1 cm³/mol. The fourth-order valence-electron chi connectivity index (χ4n) is 2.62. The van der Waals surface area contributed by atoms with E-state index in [9.17, 15) is 22.8 Å². The molecule has 2 aliphatic rings. The second-order valence-corrected chi connectivity index (χ2v) is 6.44. The molecule has 2 heterocycles. The van der Waals surface area contributed by atoms with Crippen molar-refractivity contribution in [2.75, 3.05) is 26.3 Å². The van der Waals surface area contributed by atoms with Crippen molar-refractivity contribution in [1.82, 2.24) is 9.80 Å². The second kappa shape index (κ2) is 5.60. The van der Waals surface area contributed by atoms with E-state index in [0.717, 1.165) is 4.90 Å². The molecule has 2 saturated heterocycles. The van der Waals surface area contributed by atoms with Gasteiger partial charge in [-0.15, -0.1) is 0 Å². The van der Waals surface area contributed by atoms with Crippen LogP contribution in [0, 0.1) is 0 Å². The molecule has 2 aliphatic heterocycles. The minimum absolute atomic E-state index is 0.0301. The van der Waals surface area contributed by atoms with E-state index in [1.165, 1.54) is 4.90 Å². The Kier molecular flexibility index (Phi) is 4.29. The molecule has 2 bridgehead atoms. The summed E-state index contributed by atoms with van der Waals surface area (Å²) >= 11 is 0. The van der Waals surface area contributed by atoms with Gasteiger partial charge in [0.2, 0.25) is 0 Å². The van der Waals surface area contributed by atoms with E-state index in [0.29, 0.717) is 0 Å². The molecule has 0 radical (unpaired) electrons. The highest BCUT2D eigenvalue weighted by Gasteiger charge is 2.51. The molecule has 2 atom stereocenters. The van der Waals surface area contributed by atoms with Gasteiger partial charge in [-0.25, -0.2) is 4.79 Å². The summed E-state index contributed by atoms with van der Waals surface area (Å²) in [5.41, 5.74) is -0.693. The van der Waals surface area contributed by atoms with Crippen molar-refractivity contribution in [3.63, 3.8) is 0 Å². The molecule has 22 heavy (non-hydrogen) atoms. The maximum Gasteiger partial charge on any atom is 0.471 e. The predicted octanol–water partition coefficient (Wildman–Crippen LogP) is 1.40. The summed E-state index contributed by atoms with van der Waals surface area (Å²) in [6, 6.07) is -1.62. The lowest BCUT2D eigenvalue weighted by atomic mass is 10.0. The van der Waals surface area contributed by atoms with E-state index >= 15 is 0 Å². The third-order valence-corrected chi connectivity index (χ3v) is 3.40. The Balaban J connectivity index is 2.11. The molecular formula is C13H19F3N2O4. The van der Waals surface area contributed by atoms with Gasteiger partial charge < -0.3 is 19.3 Å². The van der Waals surface area contributed by atoms with Crippen LogP contribution in [0.1, 0.15) is 20.8 Å². The van der Waals surface area contributed by atoms with E-state index in [2.05, 4.69) is 0 Å². The van der Waals surface area contributed by atoms with Gasteiger partial charge in [0.15, 0.2) is 0 Å². The number of piperazine rings is 1. The van der Waals surface area contributed by atoms with Crippen molar-refractivity contribution in [1.29, 1.82) is 0 Å². The highest BCUT2D eigenvalue weighted by atomic mass is 19.4.